The predicted octanol–water partition coefficient (Wildman–Crippen LogP) is 6.53. The number of sulfonamides is 1. The fourth-order valence-electron chi connectivity index (χ4n) is 4.07. The first-order chi connectivity index (χ1) is 16.0. The number of alkyl halides is 3. The number of nitrogens with zero attached hydrogens (tertiary/aromatic N) is 2. The van der Waals surface area contributed by atoms with E-state index in [0.29, 0.717) is 30.2 Å². The molecule has 2 unspecified atom stereocenters. The SMILES string of the molecule is O=S(=O)(N=C(Cl)N1CC(c2ccccc2)C(c2ccc(Cl)cc2)C1)c1ccc(C(F)(F)F)cc1. The average molecular weight is 527 g/mol. The smallest absolute Gasteiger partial charge is 0.345 e. The molecule has 1 saturated heterocycles. The van der Waals surface area contributed by atoms with E-state index < -0.39 is 21.8 Å². The van der Waals surface area contributed by atoms with Crippen molar-refractivity contribution >= 4 is 38.5 Å². The lowest BCUT2D eigenvalue weighted by atomic mass is 9.84. The molecule has 0 bridgehead atoms. The van der Waals surface area contributed by atoms with Crippen molar-refractivity contribution < 1.29 is 21.6 Å². The molecule has 0 radical (unpaired) electrons. The van der Waals surface area contributed by atoms with Crippen molar-refractivity contribution in [3.8, 4) is 0 Å². The summed E-state index contributed by atoms with van der Waals surface area (Å²) in [7, 11) is -4.30. The first-order valence-corrected chi connectivity index (χ1v) is 12.5. The second-order valence-electron chi connectivity index (χ2n) is 7.94. The van der Waals surface area contributed by atoms with Gasteiger partial charge >= 0.3 is 6.18 Å². The zero-order chi connectivity index (χ0) is 24.5. The molecule has 4 rings (SSSR count). The van der Waals surface area contributed by atoms with Crippen LogP contribution < -0.4 is 0 Å². The normalized spacial score (nSPS) is 19.4. The van der Waals surface area contributed by atoms with Gasteiger partial charge in [0.05, 0.1) is 10.5 Å². The average Bonchev–Trinajstić information content (AvgIpc) is 3.25. The molecule has 1 heterocycles. The Morgan fingerprint density at radius 3 is 1.91 bits per heavy atom. The molecule has 2 atom stereocenters. The second kappa shape index (κ2) is 9.60. The monoisotopic (exact) mass is 526 g/mol. The van der Waals surface area contributed by atoms with Gasteiger partial charge in [0.2, 0.25) is 5.29 Å². The Morgan fingerprint density at radius 2 is 1.38 bits per heavy atom. The van der Waals surface area contributed by atoms with Gasteiger partial charge in [0.15, 0.2) is 0 Å². The van der Waals surface area contributed by atoms with Gasteiger partial charge in [0.25, 0.3) is 10.0 Å². The highest BCUT2D eigenvalue weighted by molar-refractivity contribution is 7.90. The number of rotatable bonds is 4. The highest BCUT2D eigenvalue weighted by atomic mass is 35.5. The van der Waals surface area contributed by atoms with Crippen molar-refractivity contribution in [2.24, 2.45) is 4.40 Å². The number of halogens is 5. The summed E-state index contributed by atoms with van der Waals surface area (Å²) in [5.41, 5.74) is 1.15. The lowest BCUT2D eigenvalue weighted by molar-refractivity contribution is -0.137. The molecular weight excluding hydrogens is 508 g/mol. The third-order valence-electron chi connectivity index (χ3n) is 5.78. The van der Waals surface area contributed by atoms with Crippen LogP contribution in [0.1, 0.15) is 28.5 Å². The van der Waals surface area contributed by atoms with Gasteiger partial charge in [-0.25, -0.2) is 0 Å². The largest absolute Gasteiger partial charge is 0.416 e. The zero-order valence-corrected chi connectivity index (χ0v) is 19.9. The van der Waals surface area contributed by atoms with Crippen molar-refractivity contribution in [3.05, 3.63) is 101 Å². The Kier molecular flexibility index (Phi) is 6.94. The number of benzene rings is 3. The Morgan fingerprint density at radius 1 is 0.853 bits per heavy atom. The summed E-state index contributed by atoms with van der Waals surface area (Å²) in [4.78, 5) is 1.30. The quantitative estimate of drug-likeness (QED) is 0.220. The van der Waals surface area contributed by atoms with Crippen LogP contribution >= 0.6 is 23.2 Å². The molecule has 34 heavy (non-hydrogen) atoms. The van der Waals surface area contributed by atoms with Gasteiger partial charge in [-0.05, 0) is 59.1 Å². The Bertz CT molecular complexity index is 1280. The molecule has 3 aromatic rings. The van der Waals surface area contributed by atoms with E-state index in [1.807, 2.05) is 42.5 Å². The Hall–Kier alpha value is -2.55. The highest BCUT2D eigenvalue weighted by Crippen LogP contribution is 2.40. The molecule has 4 nitrogen and oxygen atoms in total. The van der Waals surface area contributed by atoms with Gasteiger partial charge < -0.3 is 4.90 Å². The Labute approximate surface area is 205 Å². The van der Waals surface area contributed by atoms with E-state index in [0.717, 1.165) is 23.3 Å². The van der Waals surface area contributed by atoms with Crippen LogP contribution in [0.2, 0.25) is 5.02 Å². The standard InChI is InChI=1S/C24H19Cl2F3N2O2S/c25-19-10-6-17(7-11-19)22-15-31(14-21(22)16-4-2-1-3-5-16)23(26)30-34(32,33)20-12-8-18(9-13-20)24(27,28)29/h1-13,21-22H,14-15H2. The van der Waals surface area contributed by atoms with Gasteiger partial charge in [-0.15, -0.1) is 4.40 Å². The van der Waals surface area contributed by atoms with Gasteiger partial charge in [-0.1, -0.05) is 54.1 Å². The summed E-state index contributed by atoms with van der Waals surface area (Å²) in [5, 5.41) is 0.370. The molecule has 0 spiro atoms. The van der Waals surface area contributed by atoms with E-state index in [4.69, 9.17) is 23.2 Å². The van der Waals surface area contributed by atoms with Crippen molar-refractivity contribution in [3.63, 3.8) is 0 Å². The topological polar surface area (TPSA) is 49.7 Å². The van der Waals surface area contributed by atoms with Crippen LogP contribution in [0.4, 0.5) is 13.2 Å². The van der Waals surface area contributed by atoms with Crippen LogP contribution in [0.3, 0.4) is 0 Å². The van der Waals surface area contributed by atoms with Crippen LogP contribution in [0, 0.1) is 0 Å². The number of amidine groups is 1. The predicted molar refractivity (Wildman–Crippen MR) is 127 cm³/mol. The van der Waals surface area contributed by atoms with E-state index in [-0.39, 0.29) is 22.0 Å². The molecule has 178 valence electrons. The summed E-state index contributed by atoms with van der Waals surface area (Å²) < 4.78 is 67.5. The van der Waals surface area contributed by atoms with Crippen LogP contribution in [-0.2, 0) is 16.2 Å². The van der Waals surface area contributed by atoms with Gasteiger partial charge in [0, 0.05) is 29.9 Å². The lowest BCUT2D eigenvalue weighted by Crippen LogP contribution is -2.25. The Balaban J connectivity index is 1.62. The number of hydrogen-bond donors (Lipinski definition) is 0. The fraction of sp³-hybridized carbons (Fsp3) is 0.208. The molecule has 10 heteroatoms. The highest BCUT2D eigenvalue weighted by Gasteiger charge is 2.37. The van der Waals surface area contributed by atoms with Crippen LogP contribution in [-0.4, -0.2) is 31.7 Å². The maximum atomic E-state index is 12.8. The van der Waals surface area contributed by atoms with Crippen molar-refractivity contribution in [1.82, 2.24) is 4.90 Å². The van der Waals surface area contributed by atoms with Gasteiger partial charge in [-0.2, -0.15) is 21.6 Å². The number of likely N-dealkylation sites (tertiary alicyclic amines) is 1. The molecule has 0 N–H and O–H groups in total. The van der Waals surface area contributed by atoms with Crippen molar-refractivity contribution in [2.75, 3.05) is 13.1 Å². The van der Waals surface area contributed by atoms with E-state index in [2.05, 4.69) is 4.40 Å². The molecular formula is C24H19Cl2F3N2O2S. The van der Waals surface area contributed by atoms with E-state index in [1.165, 1.54) is 0 Å². The van der Waals surface area contributed by atoms with E-state index in [9.17, 15) is 21.6 Å². The van der Waals surface area contributed by atoms with Crippen LogP contribution in [0.5, 0.6) is 0 Å². The van der Waals surface area contributed by atoms with Gasteiger partial charge in [-0.3, -0.25) is 0 Å². The molecule has 1 fully saturated rings. The minimum absolute atomic E-state index is 0.00242. The maximum absolute atomic E-state index is 12.8. The summed E-state index contributed by atoms with van der Waals surface area (Å²) in [6.07, 6.45) is -4.57. The van der Waals surface area contributed by atoms with E-state index >= 15 is 0 Å². The number of hydrogen-bond acceptors (Lipinski definition) is 2. The van der Waals surface area contributed by atoms with Crippen molar-refractivity contribution in [1.29, 1.82) is 0 Å². The fourth-order valence-corrected chi connectivity index (χ4v) is 5.50. The lowest BCUT2D eigenvalue weighted by Gasteiger charge is -2.19. The molecule has 0 aromatic heterocycles. The van der Waals surface area contributed by atoms with E-state index in [1.54, 1.807) is 17.0 Å². The first kappa shape index (κ1) is 24.6. The third-order valence-corrected chi connectivity index (χ3v) is 7.74. The third kappa shape index (κ3) is 5.40. The molecule has 1 aliphatic rings. The molecule has 0 saturated carbocycles. The summed E-state index contributed by atoms with van der Waals surface area (Å²) in [6, 6.07) is 20.4. The minimum Gasteiger partial charge on any atom is -0.345 e. The second-order valence-corrected chi connectivity index (χ2v) is 10.3. The van der Waals surface area contributed by atoms with Crippen molar-refractivity contribution in [2.45, 2.75) is 22.9 Å². The summed E-state index contributed by atoms with van der Waals surface area (Å²) >= 11 is 12.4. The molecule has 0 aliphatic carbocycles. The molecule has 0 amide bonds. The first-order valence-electron chi connectivity index (χ1n) is 10.3. The molecule has 1 aliphatic heterocycles. The maximum Gasteiger partial charge on any atom is 0.416 e. The van der Waals surface area contributed by atoms with Gasteiger partial charge in [0.1, 0.15) is 0 Å². The summed E-state index contributed by atoms with van der Waals surface area (Å²) in [5.74, 6) is 0.0116. The minimum atomic E-state index is -4.57. The van der Waals surface area contributed by atoms with Crippen LogP contribution in [0.15, 0.2) is 88.2 Å². The van der Waals surface area contributed by atoms with Crippen LogP contribution in [0.25, 0.3) is 0 Å². The summed E-state index contributed by atoms with van der Waals surface area (Å²) in [6.45, 7) is 0.828. The molecule has 3 aromatic carbocycles. The zero-order valence-electron chi connectivity index (χ0n) is 17.6.